The first-order chi connectivity index (χ1) is 12.8. The van der Waals surface area contributed by atoms with Crippen molar-refractivity contribution in [3.8, 4) is 5.88 Å². The minimum absolute atomic E-state index is 0.315. The molecule has 1 N–H and O–H groups in total. The first-order valence-electron chi connectivity index (χ1n) is 9.18. The Balaban J connectivity index is 1.83. The van der Waals surface area contributed by atoms with Crippen LogP contribution >= 0.6 is 11.3 Å². The fourth-order valence-corrected chi connectivity index (χ4v) is 6.93. The molecule has 0 aliphatic heterocycles. The molecule has 0 saturated heterocycles. The third-order valence-electron chi connectivity index (χ3n) is 4.90. The van der Waals surface area contributed by atoms with Crippen LogP contribution in [0.25, 0.3) is 10.3 Å². The summed E-state index contributed by atoms with van der Waals surface area (Å²) in [6.07, 6.45) is 4.16. The van der Waals surface area contributed by atoms with Crippen LogP contribution in [0.3, 0.4) is 0 Å². The molecule has 1 aliphatic rings. The molecule has 1 atom stereocenters. The summed E-state index contributed by atoms with van der Waals surface area (Å²) in [6.45, 7) is 3.55. The predicted octanol–water partition coefficient (Wildman–Crippen LogP) is 3.41. The highest BCUT2D eigenvalue weighted by Gasteiger charge is 2.41. The number of amides is 1. The Morgan fingerprint density at radius 2 is 1.93 bits per heavy atom. The van der Waals surface area contributed by atoms with Gasteiger partial charge in [0.05, 0.1) is 12.4 Å². The molecule has 9 heteroatoms. The Bertz CT molecular complexity index is 918. The molecule has 2 heterocycles. The van der Waals surface area contributed by atoms with Crippen LogP contribution in [-0.4, -0.2) is 41.9 Å². The molecule has 148 valence electrons. The van der Waals surface area contributed by atoms with E-state index in [1.165, 1.54) is 18.4 Å². The average molecular weight is 412 g/mol. The number of methoxy groups -OCH3 is 1. The van der Waals surface area contributed by atoms with Crippen molar-refractivity contribution in [3.05, 3.63) is 12.1 Å². The van der Waals surface area contributed by atoms with Gasteiger partial charge < -0.3 is 10.1 Å². The second kappa shape index (κ2) is 8.10. The fourth-order valence-electron chi connectivity index (χ4n) is 3.58. The lowest BCUT2D eigenvalue weighted by Gasteiger charge is -2.28. The van der Waals surface area contributed by atoms with Gasteiger partial charge in [-0.3, -0.25) is 4.79 Å². The standard InChI is InChI=1S/C18H25N3O4S2/c1-11(2)15(27(23,24)12-7-5-4-6-8-12)16(22)21-18-19-13-9-10-14(25-3)20-17(13)26-18/h9-12,15H,4-8H2,1-3H3,(H,19,21,22). The van der Waals surface area contributed by atoms with Gasteiger partial charge in [-0.05, 0) is 24.8 Å². The zero-order valence-corrected chi connectivity index (χ0v) is 17.4. The van der Waals surface area contributed by atoms with E-state index in [1.807, 2.05) is 0 Å². The smallest absolute Gasteiger partial charge is 0.244 e. The van der Waals surface area contributed by atoms with Crippen molar-refractivity contribution >= 4 is 42.6 Å². The van der Waals surface area contributed by atoms with Gasteiger partial charge in [0.25, 0.3) is 0 Å². The lowest BCUT2D eigenvalue weighted by Crippen LogP contribution is -2.44. The Morgan fingerprint density at radius 3 is 2.56 bits per heavy atom. The number of anilines is 1. The monoisotopic (exact) mass is 411 g/mol. The van der Waals surface area contributed by atoms with Crippen LogP contribution in [0.4, 0.5) is 5.13 Å². The third-order valence-corrected chi connectivity index (χ3v) is 8.65. The Kier molecular flexibility index (Phi) is 6.00. The predicted molar refractivity (Wildman–Crippen MR) is 107 cm³/mol. The van der Waals surface area contributed by atoms with Gasteiger partial charge in [0.15, 0.2) is 15.0 Å². The van der Waals surface area contributed by atoms with Crippen molar-refractivity contribution < 1.29 is 17.9 Å². The molecule has 1 unspecified atom stereocenters. The van der Waals surface area contributed by atoms with Gasteiger partial charge in [-0.25, -0.2) is 18.4 Å². The number of aromatic nitrogens is 2. The van der Waals surface area contributed by atoms with E-state index >= 15 is 0 Å². The van der Waals surface area contributed by atoms with Gasteiger partial charge >= 0.3 is 0 Å². The van der Waals surface area contributed by atoms with E-state index in [4.69, 9.17) is 4.74 Å². The molecule has 0 spiro atoms. The summed E-state index contributed by atoms with van der Waals surface area (Å²) in [5.41, 5.74) is 0.632. The number of nitrogens with one attached hydrogen (secondary N) is 1. The molecule has 1 aliphatic carbocycles. The number of nitrogens with zero attached hydrogens (tertiary/aromatic N) is 2. The number of carbonyl (C=O) groups excluding carboxylic acids is 1. The molecule has 27 heavy (non-hydrogen) atoms. The molecular formula is C18H25N3O4S2. The summed E-state index contributed by atoms with van der Waals surface area (Å²) < 4.78 is 31.3. The molecule has 0 bridgehead atoms. The third kappa shape index (κ3) is 4.24. The van der Waals surface area contributed by atoms with Gasteiger partial charge in [0.2, 0.25) is 11.8 Å². The van der Waals surface area contributed by atoms with Crippen LogP contribution in [-0.2, 0) is 14.6 Å². The number of pyridine rings is 1. The number of fused-ring (bicyclic) bond motifs is 1. The maximum absolute atomic E-state index is 13.1. The highest BCUT2D eigenvalue weighted by Crippen LogP contribution is 2.31. The summed E-state index contributed by atoms with van der Waals surface area (Å²) in [5.74, 6) is -0.366. The molecule has 1 saturated carbocycles. The largest absolute Gasteiger partial charge is 0.481 e. The number of hydrogen-bond donors (Lipinski definition) is 1. The van der Waals surface area contributed by atoms with E-state index < -0.39 is 26.2 Å². The van der Waals surface area contributed by atoms with Crippen molar-refractivity contribution in [1.82, 2.24) is 9.97 Å². The van der Waals surface area contributed by atoms with E-state index in [-0.39, 0.29) is 5.92 Å². The topological polar surface area (TPSA) is 98.2 Å². The minimum Gasteiger partial charge on any atom is -0.481 e. The molecule has 0 radical (unpaired) electrons. The molecule has 1 amide bonds. The summed E-state index contributed by atoms with van der Waals surface area (Å²) >= 11 is 1.20. The molecule has 7 nitrogen and oxygen atoms in total. The van der Waals surface area contributed by atoms with Crippen molar-refractivity contribution in [1.29, 1.82) is 0 Å². The lowest BCUT2D eigenvalue weighted by molar-refractivity contribution is -0.116. The normalized spacial score (nSPS) is 17.2. The number of ether oxygens (including phenoxy) is 1. The van der Waals surface area contributed by atoms with Crippen molar-refractivity contribution in [2.45, 2.75) is 56.5 Å². The molecule has 0 aromatic carbocycles. The first-order valence-corrected chi connectivity index (χ1v) is 11.6. The molecular weight excluding hydrogens is 386 g/mol. The van der Waals surface area contributed by atoms with Gasteiger partial charge in [-0.1, -0.05) is 44.4 Å². The van der Waals surface area contributed by atoms with Gasteiger partial charge in [-0.15, -0.1) is 0 Å². The highest BCUT2D eigenvalue weighted by atomic mass is 32.2. The number of rotatable bonds is 6. The maximum Gasteiger partial charge on any atom is 0.244 e. The average Bonchev–Trinajstić information content (AvgIpc) is 3.02. The van der Waals surface area contributed by atoms with E-state index in [1.54, 1.807) is 26.0 Å². The minimum atomic E-state index is -3.55. The SMILES string of the molecule is COc1ccc2nc(NC(=O)C(C(C)C)S(=O)(=O)C3CCCCC3)sc2n1. The van der Waals surface area contributed by atoms with Gasteiger partial charge in [-0.2, -0.15) is 0 Å². The first kappa shape index (κ1) is 20.0. The van der Waals surface area contributed by atoms with Gasteiger partial charge in [0.1, 0.15) is 15.6 Å². The van der Waals surface area contributed by atoms with E-state index in [2.05, 4.69) is 15.3 Å². The summed E-state index contributed by atoms with van der Waals surface area (Å²) in [4.78, 5) is 22.1. The van der Waals surface area contributed by atoms with Crippen LogP contribution in [0.5, 0.6) is 5.88 Å². The number of carbonyl (C=O) groups is 1. The van der Waals surface area contributed by atoms with Crippen molar-refractivity contribution in [2.24, 2.45) is 5.92 Å². The quantitative estimate of drug-likeness (QED) is 0.782. The lowest BCUT2D eigenvalue weighted by atomic mass is 10.0. The van der Waals surface area contributed by atoms with E-state index in [0.717, 1.165) is 19.3 Å². The Hall–Kier alpha value is -1.74. The van der Waals surface area contributed by atoms with Gasteiger partial charge in [0, 0.05) is 6.07 Å². The van der Waals surface area contributed by atoms with Crippen LogP contribution < -0.4 is 10.1 Å². The second-order valence-electron chi connectivity index (χ2n) is 7.20. The maximum atomic E-state index is 13.1. The van der Waals surface area contributed by atoms with Crippen LogP contribution in [0.1, 0.15) is 46.0 Å². The second-order valence-corrected chi connectivity index (χ2v) is 10.5. The van der Waals surface area contributed by atoms with E-state index in [9.17, 15) is 13.2 Å². The number of sulfone groups is 1. The zero-order chi connectivity index (χ0) is 19.6. The van der Waals surface area contributed by atoms with Crippen molar-refractivity contribution in [2.75, 3.05) is 12.4 Å². The Labute approximate surface area is 163 Å². The fraction of sp³-hybridized carbons (Fsp3) is 0.611. The zero-order valence-electron chi connectivity index (χ0n) is 15.8. The van der Waals surface area contributed by atoms with Crippen molar-refractivity contribution in [3.63, 3.8) is 0 Å². The van der Waals surface area contributed by atoms with Crippen LogP contribution in [0.2, 0.25) is 0 Å². The summed E-state index contributed by atoms with van der Waals surface area (Å²) in [5, 5.41) is 1.55. The summed E-state index contributed by atoms with van der Waals surface area (Å²) in [7, 11) is -2.03. The molecule has 2 aromatic heterocycles. The van der Waals surface area contributed by atoms with E-state index in [0.29, 0.717) is 34.2 Å². The number of thiazole rings is 1. The Morgan fingerprint density at radius 1 is 1.22 bits per heavy atom. The van der Waals surface area contributed by atoms with Crippen LogP contribution in [0.15, 0.2) is 12.1 Å². The molecule has 1 fully saturated rings. The molecule has 3 rings (SSSR count). The molecule has 2 aromatic rings. The van der Waals surface area contributed by atoms with Crippen LogP contribution in [0, 0.1) is 5.92 Å². The summed E-state index contributed by atoms with van der Waals surface area (Å²) in [6, 6.07) is 3.45. The number of hydrogen-bond acceptors (Lipinski definition) is 7. The highest BCUT2D eigenvalue weighted by molar-refractivity contribution is 7.93.